The minimum atomic E-state index is -0.191. The largest absolute Gasteiger partial charge is 0.438 e. The van der Waals surface area contributed by atoms with Crippen LogP contribution in [-0.2, 0) is 5.41 Å². The number of ether oxygens (including phenoxy) is 1. The molecule has 0 spiro atoms. The van der Waals surface area contributed by atoms with E-state index in [9.17, 15) is 0 Å². The van der Waals surface area contributed by atoms with E-state index >= 15 is 0 Å². The molecule has 1 aromatic heterocycles. The van der Waals surface area contributed by atoms with Crippen LogP contribution in [0.5, 0.6) is 11.6 Å². The third-order valence-electron chi connectivity index (χ3n) is 3.21. The summed E-state index contributed by atoms with van der Waals surface area (Å²) >= 11 is 0. The number of anilines is 1. The molecule has 0 amide bonds. The average molecular weight is 286 g/mol. The van der Waals surface area contributed by atoms with Gasteiger partial charge in [-0.2, -0.15) is 4.98 Å². The number of para-hydroxylation sites is 1. The number of benzene rings is 1. The number of hydrogen-bond donors (Lipinski definition) is 2. The molecule has 0 radical (unpaired) electrons. The van der Waals surface area contributed by atoms with Crippen LogP contribution in [-0.4, -0.2) is 9.97 Å². The van der Waals surface area contributed by atoms with E-state index in [0.29, 0.717) is 17.5 Å². The Hall–Kier alpha value is -2.14. The first-order valence-corrected chi connectivity index (χ1v) is 6.92. The number of rotatable bonds is 3. The molecule has 0 bridgehead atoms. The lowest BCUT2D eigenvalue weighted by Gasteiger charge is -2.20. The van der Waals surface area contributed by atoms with Crippen molar-refractivity contribution in [2.45, 2.75) is 40.0 Å². The summed E-state index contributed by atoms with van der Waals surface area (Å²) in [6.07, 6.45) is 0. The highest BCUT2D eigenvalue weighted by atomic mass is 16.5. The normalized spacial score (nSPS) is 11.3. The van der Waals surface area contributed by atoms with Gasteiger partial charge < -0.3 is 10.2 Å². The number of aromatic nitrogens is 2. The van der Waals surface area contributed by atoms with Crippen molar-refractivity contribution < 1.29 is 4.74 Å². The monoisotopic (exact) mass is 286 g/mol. The number of hydrazine groups is 1. The SMILES string of the molecule is Cc1ccccc1Oc1nc(C(C)(C)C)nc(NN)c1C. The van der Waals surface area contributed by atoms with Gasteiger partial charge in [0.2, 0.25) is 5.88 Å². The molecule has 0 aliphatic carbocycles. The van der Waals surface area contributed by atoms with Gasteiger partial charge in [-0.3, -0.25) is 0 Å². The third-order valence-corrected chi connectivity index (χ3v) is 3.21. The highest BCUT2D eigenvalue weighted by molar-refractivity contribution is 5.49. The van der Waals surface area contributed by atoms with Crippen molar-refractivity contribution in [2.24, 2.45) is 5.84 Å². The lowest BCUT2D eigenvalue weighted by molar-refractivity contribution is 0.440. The maximum Gasteiger partial charge on any atom is 0.227 e. The molecule has 2 aromatic rings. The summed E-state index contributed by atoms with van der Waals surface area (Å²) in [4.78, 5) is 9.02. The molecule has 0 saturated carbocycles. The van der Waals surface area contributed by atoms with Crippen molar-refractivity contribution in [2.75, 3.05) is 5.43 Å². The molecule has 5 heteroatoms. The molecule has 2 rings (SSSR count). The minimum absolute atomic E-state index is 0.191. The van der Waals surface area contributed by atoms with Crippen molar-refractivity contribution in [1.82, 2.24) is 9.97 Å². The first-order valence-electron chi connectivity index (χ1n) is 6.92. The lowest BCUT2D eigenvalue weighted by Crippen LogP contribution is -2.20. The van der Waals surface area contributed by atoms with Crippen LogP contribution in [0.4, 0.5) is 5.82 Å². The Morgan fingerprint density at radius 2 is 1.76 bits per heavy atom. The van der Waals surface area contributed by atoms with Gasteiger partial charge in [0.1, 0.15) is 11.6 Å². The van der Waals surface area contributed by atoms with Crippen molar-refractivity contribution in [1.29, 1.82) is 0 Å². The zero-order chi connectivity index (χ0) is 15.6. The fourth-order valence-electron chi connectivity index (χ4n) is 1.85. The van der Waals surface area contributed by atoms with Gasteiger partial charge in [-0.25, -0.2) is 10.8 Å². The molecule has 21 heavy (non-hydrogen) atoms. The van der Waals surface area contributed by atoms with Crippen molar-refractivity contribution in [3.8, 4) is 11.6 Å². The molecular formula is C16H22N4O. The van der Waals surface area contributed by atoms with E-state index in [1.165, 1.54) is 0 Å². The van der Waals surface area contributed by atoms with Gasteiger partial charge in [0, 0.05) is 5.41 Å². The molecule has 3 N–H and O–H groups in total. The second-order valence-electron chi connectivity index (χ2n) is 6.09. The maximum atomic E-state index is 5.97. The van der Waals surface area contributed by atoms with Crippen LogP contribution in [0, 0.1) is 13.8 Å². The molecule has 112 valence electrons. The van der Waals surface area contributed by atoms with E-state index in [1.54, 1.807) is 0 Å². The summed E-state index contributed by atoms with van der Waals surface area (Å²) in [5.74, 6) is 8.13. The van der Waals surface area contributed by atoms with Gasteiger partial charge in [0.15, 0.2) is 5.82 Å². The minimum Gasteiger partial charge on any atom is -0.438 e. The molecular weight excluding hydrogens is 264 g/mol. The van der Waals surface area contributed by atoms with Crippen LogP contribution in [0.3, 0.4) is 0 Å². The van der Waals surface area contributed by atoms with Crippen LogP contribution in [0.15, 0.2) is 24.3 Å². The van der Waals surface area contributed by atoms with Crippen LogP contribution < -0.4 is 16.0 Å². The number of nitrogen functional groups attached to an aromatic ring is 1. The number of aryl methyl sites for hydroxylation is 1. The van der Waals surface area contributed by atoms with E-state index in [0.717, 1.165) is 16.9 Å². The summed E-state index contributed by atoms with van der Waals surface area (Å²) in [7, 11) is 0. The van der Waals surface area contributed by atoms with Gasteiger partial charge in [0.05, 0.1) is 5.56 Å². The number of nitrogens with one attached hydrogen (secondary N) is 1. The van der Waals surface area contributed by atoms with E-state index in [2.05, 4.69) is 36.2 Å². The number of nitrogens with two attached hydrogens (primary N) is 1. The predicted molar refractivity (Wildman–Crippen MR) is 84.5 cm³/mol. The molecule has 0 atom stereocenters. The van der Waals surface area contributed by atoms with Crippen LogP contribution in [0.2, 0.25) is 0 Å². The summed E-state index contributed by atoms with van der Waals surface area (Å²) < 4.78 is 5.97. The van der Waals surface area contributed by atoms with Gasteiger partial charge in [-0.15, -0.1) is 0 Å². The molecule has 1 aromatic carbocycles. The third kappa shape index (κ3) is 3.31. The lowest BCUT2D eigenvalue weighted by atomic mass is 9.95. The van der Waals surface area contributed by atoms with Crippen LogP contribution >= 0.6 is 0 Å². The Labute approximate surface area is 125 Å². The Kier molecular flexibility index (Phi) is 4.14. The summed E-state index contributed by atoms with van der Waals surface area (Å²) in [6.45, 7) is 10.0. The van der Waals surface area contributed by atoms with Crippen LogP contribution in [0.25, 0.3) is 0 Å². The molecule has 0 unspecified atom stereocenters. The molecule has 0 aliphatic heterocycles. The van der Waals surface area contributed by atoms with E-state index < -0.39 is 0 Å². The van der Waals surface area contributed by atoms with E-state index in [-0.39, 0.29) is 5.41 Å². The average Bonchev–Trinajstić information content (AvgIpc) is 2.42. The second-order valence-corrected chi connectivity index (χ2v) is 6.09. The quantitative estimate of drug-likeness (QED) is 0.667. The standard InChI is InChI=1S/C16H22N4O/c1-10-8-6-7-9-12(10)21-14-11(2)13(20-17)18-15(19-14)16(3,4)5/h6-9H,17H2,1-5H3,(H,18,19,20). The topological polar surface area (TPSA) is 73.1 Å². The Balaban J connectivity index is 2.50. The number of nitrogens with zero attached hydrogens (tertiary/aromatic N) is 2. The first-order chi connectivity index (χ1) is 9.82. The predicted octanol–water partition coefficient (Wildman–Crippen LogP) is 3.47. The first kappa shape index (κ1) is 15.3. The molecule has 1 heterocycles. The van der Waals surface area contributed by atoms with Gasteiger partial charge in [-0.1, -0.05) is 39.0 Å². The zero-order valence-electron chi connectivity index (χ0n) is 13.2. The van der Waals surface area contributed by atoms with Crippen molar-refractivity contribution in [3.63, 3.8) is 0 Å². The summed E-state index contributed by atoms with van der Waals surface area (Å²) in [5.41, 5.74) is 4.26. The Bertz CT molecular complexity index is 647. The Morgan fingerprint density at radius 1 is 1.10 bits per heavy atom. The van der Waals surface area contributed by atoms with Crippen molar-refractivity contribution >= 4 is 5.82 Å². The summed E-state index contributed by atoms with van der Waals surface area (Å²) in [5, 5.41) is 0. The molecule has 0 saturated heterocycles. The van der Waals surface area contributed by atoms with Gasteiger partial charge in [0.25, 0.3) is 0 Å². The van der Waals surface area contributed by atoms with Gasteiger partial charge in [-0.05, 0) is 25.5 Å². The van der Waals surface area contributed by atoms with Crippen molar-refractivity contribution in [3.05, 3.63) is 41.2 Å². The maximum absolute atomic E-state index is 5.97. The molecule has 0 aliphatic rings. The van der Waals surface area contributed by atoms with E-state index in [4.69, 9.17) is 10.6 Å². The smallest absolute Gasteiger partial charge is 0.227 e. The highest BCUT2D eigenvalue weighted by Crippen LogP contribution is 2.31. The number of hydrogen-bond acceptors (Lipinski definition) is 5. The molecule has 0 fully saturated rings. The zero-order valence-corrected chi connectivity index (χ0v) is 13.2. The highest BCUT2D eigenvalue weighted by Gasteiger charge is 2.22. The fourth-order valence-corrected chi connectivity index (χ4v) is 1.85. The van der Waals surface area contributed by atoms with Crippen LogP contribution in [0.1, 0.15) is 37.7 Å². The second kappa shape index (κ2) is 5.69. The fraction of sp³-hybridized carbons (Fsp3) is 0.375. The molecule has 5 nitrogen and oxygen atoms in total. The summed E-state index contributed by atoms with van der Waals surface area (Å²) in [6, 6.07) is 7.83. The van der Waals surface area contributed by atoms with Gasteiger partial charge >= 0.3 is 0 Å². The van der Waals surface area contributed by atoms with E-state index in [1.807, 2.05) is 38.1 Å². The Morgan fingerprint density at radius 3 is 2.33 bits per heavy atom.